The molecule has 0 radical (unpaired) electrons. The molecule has 20 heavy (non-hydrogen) atoms. The summed E-state index contributed by atoms with van der Waals surface area (Å²) < 4.78 is 30.7. The first-order valence-corrected chi connectivity index (χ1v) is 7.35. The first kappa shape index (κ1) is 16.1. The Hall–Kier alpha value is -1.93. The van der Waals surface area contributed by atoms with E-state index in [2.05, 4.69) is 4.72 Å². The van der Waals surface area contributed by atoms with Crippen molar-refractivity contribution >= 4 is 21.9 Å². The molecule has 0 aliphatic carbocycles. The lowest BCUT2D eigenvalue weighted by Gasteiger charge is -2.11. The summed E-state index contributed by atoms with van der Waals surface area (Å²) in [5.41, 5.74) is 5.24. The molecule has 3 N–H and O–H groups in total. The molecule has 7 nitrogen and oxygen atoms in total. The Balaban J connectivity index is 2.92. The molecule has 0 unspecified atom stereocenters. The predicted octanol–water partition coefficient (Wildman–Crippen LogP) is 0.0154. The molecule has 0 spiro atoms. The number of carbonyl (C=O) groups is 2. The maximum Gasteiger partial charge on any atom is 0.338 e. The summed E-state index contributed by atoms with van der Waals surface area (Å²) in [7, 11) is -3.86. The molecular formula is C12H16N2O5S. The fourth-order valence-electron chi connectivity index (χ4n) is 1.34. The number of hydrogen-bond donors (Lipinski definition) is 2. The van der Waals surface area contributed by atoms with E-state index in [4.69, 9.17) is 10.5 Å². The molecule has 0 heterocycles. The van der Waals surface area contributed by atoms with Gasteiger partial charge in [-0.2, -0.15) is 4.72 Å². The van der Waals surface area contributed by atoms with E-state index in [1.165, 1.54) is 31.2 Å². The van der Waals surface area contributed by atoms with Crippen LogP contribution in [0.2, 0.25) is 0 Å². The van der Waals surface area contributed by atoms with Gasteiger partial charge in [0, 0.05) is 0 Å². The summed E-state index contributed by atoms with van der Waals surface area (Å²) >= 11 is 0. The highest BCUT2D eigenvalue weighted by atomic mass is 32.2. The van der Waals surface area contributed by atoms with Gasteiger partial charge in [-0.25, -0.2) is 13.2 Å². The smallest absolute Gasteiger partial charge is 0.338 e. The van der Waals surface area contributed by atoms with Gasteiger partial charge < -0.3 is 10.5 Å². The number of amides is 1. The van der Waals surface area contributed by atoms with Crippen molar-refractivity contribution in [3.63, 3.8) is 0 Å². The minimum atomic E-state index is -3.86. The lowest BCUT2D eigenvalue weighted by Crippen LogP contribution is -2.42. The van der Waals surface area contributed by atoms with Crippen molar-refractivity contribution in [2.45, 2.75) is 24.8 Å². The van der Waals surface area contributed by atoms with Crippen LogP contribution >= 0.6 is 0 Å². The van der Waals surface area contributed by atoms with Crippen LogP contribution in [-0.4, -0.2) is 32.9 Å². The van der Waals surface area contributed by atoms with Crippen LogP contribution in [0.4, 0.5) is 0 Å². The van der Waals surface area contributed by atoms with Gasteiger partial charge in [-0.1, -0.05) is 0 Å². The number of carbonyl (C=O) groups excluding carboxylic acids is 2. The molecule has 0 aromatic heterocycles. The topological polar surface area (TPSA) is 116 Å². The molecule has 0 aliphatic rings. The number of nitrogens with one attached hydrogen (secondary N) is 1. The van der Waals surface area contributed by atoms with Crippen molar-refractivity contribution in [1.82, 2.24) is 4.72 Å². The Labute approximate surface area is 117 Å². The Kier molecular flexibility index (Phi) is 5.23. The SMILES string of the molecule is CCOC(=O)c1ccc(S(=O)(=O)N[C@H](C)C(N)=O)cc1. The number of nitrogens with two attached hydrogens (primary N) is 1. The van der Waals surface area contributed by atoms with Crippen molar-refractivity contribution in [2.24, 2.45) is 5.73 Å². The first-order valence-electron chi connectivity index (χ1n) is 5.86. The van der Waals surface area contributed by atoms with Gasteiger partial charge in [0.1, 0.15) is 0 Å². The zero-order chi connectivity index (χ0) is 15.3. The third-order valence-electron chi connectivity index (χ3n) is 2.43. The van der Waals surface area contributed by atoms with Gasteiger partial charge in [-0.15, -0.1) is 0 Å². The van der Waals surface area contributed by atoms with Gasteiger partial charge in [-0.3, -0.25) is 4.79 Å². The van der Waals surface area contributed by atoms with E-state index in [0.717, 1.165) is 0 Å². The normalized spacial score (nSPS) is 12.7. The Bertz CT molecular complexity index is 595. The molecule has 0 fully saturated rings. The quantitative estimate of drug-likeness (QED) is 0.718. The third-order valence-corrected chi connectivity index (χ3v) is 3.99. The summed E-state index contributed by atoms with van der Waals surface area (Å²) in [5.74, 6) is -1.31. The minimum absolute atomic E-state index is 0.0707. The van der Waals surface area contributed by atoms with Crippen molar-refractivity contribution in [3.8, 4) is 0 Å². The summed E-state index contributed by atoms with van der Waals surface area (Å²) in [6.07, 6.45) is 0. The van der Waals surface area contributed by atoms with Crippen molar-refractivity contribution in [3.05, 3.63) is 29.8 Å². The van der Waals surface area contributed by atoms with Crippen LogP contribution in [0.25, 0.3) is 0 Å². The number of hydrogen-bond acceptors (Lipinski definition) is 5. The van der Waals surface area contributed by atoms with Gasteiger partial charge in [0.05, 0.1) is 23.1 Å². The molecular weight excluding hydrogens is 284 g/mol. The molecule has 1 rings (SSSR count). The molecule has 110 valence electrons. The van der Waals surface area contributed by atoms with Crippen LogP contribution < -0.4 is 10.5 Å². The Morgan fingerprint density at radius 2 is 1.85 bits per heavy atom. The molecule has 0 saturated carbocycles. The first-order chi connectivity index (χ1) is 9.27. The molecule has 1 aromatic carbocycles. The molecule has 0 saturated heterocycles. The molecule has 8 heteroatoms. The van der Waals surface area contributed by atoms with Gasteiger partial charge in [-0.05, 0) is 38.1 Å². The van der Waals surface area contributed by atoms with E-state index in [1.54, 1.807) is 6.92 Å². The second kappa shape index (κ2) is 6.49. The highest BCUT2D eigenvalue weighted by Crippen LogP contribution is 2.12. The highest BCUT2D eigenvalue weighted by Gasteiger charge is 2.20. The van der Waals surface area contributed by atoms with Crippen LogP contribution in [0.3, 0.4) is 0 Å². The fraction of sp³-hybridized carbons (Fsp3) is 0.333. The van der Waals surface area contributed by atoms with E-state index >= 15 is 0 Å². The van der Waals surface area contributed by atoms with Crippen molar-refractivity contribution in [1.29, 1.82) is 0 Å². The number of ether oxygens (including phenoxy) is 1. The Morgan fingerprint density at radius 3 is 2.30 bits per heavy atom. The second-order valence-corrected chi connectivity index (χ2v) is 5.70. The number of sulfonamides is 1. The molecule has 0 aliphatic heterocycles. The lowest BCUT2D eigenvalue weighted by atomic mass is 10.2. The number of primary amides is 1. The molecule has 0 bridgehead atoms. The van der Waals surface area contributed by atoms with E-state index in [0.29, 0.717) is 0 Å². The maximum atomic E-state index is 11.9. The van der Waals surface area contributed by atoms with E-state index in [1.807, 2.05) is 0 Å². The predicted molar refractivity (Wildman–Crippen MR) is 71.4 cm³/mol. The molecule has 1 amide bonds. The van der Waals surface area contributed by atoms with Crippen LogP contribution in [0.5, 0.6) is 0 Å². The zero-order valence-corrected chi connectivity index (χ0v) is 11.9. The lowest BCUT2D eigenvalue weighted by molar-refractivity contribution is -0.119. The zero-order valence-electron chi connectivity index (χ0n) is 11.1. The van der Waals surface area contributed by atoms with E-state index in [-0.39, 0.29) is 17.1 Å². The van der Waals surface area contributed by atoms with Crippen molar-refractivity contribution < 1.29 is 22.7 Å². The standard InChI is InChI=1S/C12H16N2O5S/c1-3-19-12(16)9-4-6-10(7-5-9)20(17,18)14-8(2)11(13)15/h4-8,14H,3H2,1-2H3,(H2,13,15)/t8-/m1/s1. The average molecular weight is 300 g/mol. The second-order valence-electron chi connectivity index (χ2n) is 3.99. The van der Waals surface area contributed by atoms with E-state index < -0.39 is 27.9 Å². The summed E-state index contributed by atoms with van der Waals surface area (Å²) in [5, 5.41) is 0. The van der Waals surface area contributed by atoms with Crippen LogP contribution in [0, 0.1) is 0 Å². The maximum absolute atomic E-state index is 11.9. The van der Waals surface area contributed by atoms with Gasteiger partial charge in [0.2, 0.25) is 15.9 Å². The van der Waals surface area contributed by atoms with Crippen LogP contribution in [-0.2, 0) is 19.6 Å². The number of esters is 1. The Morgan fingerprint density at radius 1 is 1.30 bits per heavy atom. The fourth-order valence-corrected chi connectivity index (χ4v) is 2.56. The summed E-state index contributed by atoms with van der Waals surface area (Å²) in [4.78, 5) is 22.2. The molecule has 1 aromatic rings. The summed E-state index contributed by atoms with van der Waals surface area (Å²) in [6.45, 7) is 3.25. The van der Waals surface area contributed by atoms with Gasteiger partial charge >= 0.3 is 5.97 Å². The highest BCUT2D eigenvalue weighted by molar-refractivity contribution is 7.89. The number of benzene rings is 1. The molecule has 1 atom stereocenters. The van der Waals surface area contributed by atoms with Crippen molar-refractivity contribution in [2.75, 3.05) is 6.61 Å². The number of rotatable bonds is 6. The monoisotopic (exact) mass is 300 g/mol. The van der Waals surface area contributed by atoms with Gasteiger partial charge in [0.25, 0.3) is 0 Å². The van der Waals surface area contributed by atoms with E-state index in [9.17, 15) is 18.0 Å². The average Bonchev–Trinajstić information content (AvgIpc) is 2.38. The minimum Gasteiger partial charge on any atom is -0.462 e. The largest absolute Gasteiger partial charge is 0.462 e. The van der Waals surface area contributed by atoms with Gasteiger partial charge in [0.15, 0.2) is 0 Å². The third kappa shape index (κ3) is 4.04. The van der Waals surface area contributed by atoms with Crippen LogP contribution in [0.1, 0.15) is 24.2 Å². The van der Waals surface area contributed by atoms with Crippen LogP contribution in [0.15, 0.2) is 29.2 Å². The summed E-state index contributed by atoms with van der Waals surface area (Å²) in [6, 6.07) is 4.15.